The van der Waals surface area contributed by atoms with Crippen molar-refractivity contribution in [3.05, 3.63) is 47.5 Å². The van der Waals surface area contributed by atoms with Gasteiger partial charge in [0, 0.05) is 5.02 Å². The Kier molecular flexibility index (Phi) is 3.32. The smallest absolute Gasteiger partial charge is 0.0824 e. The van der Waals surface area contributed by atoms with Crippen molar-refractivity contribution in [2.45, 2.75) is 12.5 Å². The summed E-state index contributed by atoms with van der Waals surface area (Å²) in [6, 6.07) is 7.07. The zero-order valence-electron chi connectivity index (χ0n) is 6.57. The SMILES string of the molecule is [CH]=CC[C@@H](O)c1ccc(Cl)cc1. The van der Waals surface area contributed by atoms with Crippen molar-refractivity contribution in [3.8, 4) is 0 Å². The molecule has 1 aromatic rings. The molecule has 1 rings (SSSR count). The second-order valence-corrected chi connectivity index (χ2v) is 2.98. The topological polar surface area (TPSA) is 20.2 Å². The predicted molar refractivity (Wildman–Crippen MR) is 49.9 cm³/mol. The molecule has 0 fully saturated rings. The van der Waals surface area contributed by atoms with E-state index in [0.29, 0.717) is 11.4 Å². The first-order valence-corrected chi connectivity index (χ1v) is 4.09. The molecule has 2 heteroatoms. The van der Waals surface area contributed by atoms with Gasteiger partial charge in [0.05, 0.1) is 6.10 Å². The number of aliphatic hydroxyl groups is 1. The maximum atomic E-state index is 9.46. The van der Waals surface area contributed by atoms with Gasteiger partial charge < -0.3 is 5.11 Å². The average Bonchev–Trinajstić information content (AvgIpc) is 2.06. The normalized spacial score (nSPS) is 12.5. The molecule has 1 radical (unpaired) electrons. The first-order chi connectivity index (χ1) is 5.74. The minimum absolute atomic E-state index is 0.460. The van der Waals surface area contributed by atoms with E-state index in [-0.39, 0.29) is 0 Å². The minimum Gasteiger partial charge on any atom is -0.388 e. The van der Waals surface area contributed by atoms with Crippen LogP contribution in [-0.4, -0.2) is 5.11 Å². The molecule has 0 amide bonds. The number of rotatable bonds is 3. The van der Waals surface area contributed by atoms with Crippen LogP contribution >= 0.6 is 11.6 Å². The number of aliphatic hydroxyl groups excluding tert-OH is 1. The third-order valence-corrected chi connectivity index (χ3v) is 1.87. The number of benzene rings is 1. The van der Waals surface area contributed by atoms with E-state index >= 15 is 0 Å². The van der Waals surface area contributed by atoms with Crippen molar-refractivity contribution in [1.29, 1.82) is 0 Å². The maximum Gasteiger partial charge on any atom is 0.0824 e. The Hall–Kier alpha value is -0.790. The first kappa shape index (κ1) is 9.30. The van der Waals surface area contributed by atoms with Crippen molar-refractivity contribution in [2.75, 3.05) is 0 Å². The molecule has 63 valence electrons. The molecular weight excluding hydrogens is 172 g/mol. The molecular formula is C10H10ClO. The van der Waals surface area contributed by atoms with E-state index in [1.165, 1.54) is 6.08 Å². The summed E-state index contributed by atoms with van der Waals surface area (Å²) in [7, 11) is 0. The van der Waals surface area contributed by atoms with E-state index in [0.717, 1.165) is 5.56 Å². The van der Waals surface area contributed by atoms with Crippen LogP contribution in [0.3, 0.4) is 0 Å². The summed E-state index contributed by atoms with van der Waals surface area (Å²) in [4.78, 5) is 0. The largest absolute Gasteiger partial charge is 0.388 e. The van der Waals surface area contributed by atoms with Crippen LogP contribution in [-0.2, 0) is 0 Å². The Morgan fingerprint density at radius 1 is 1.42 bits per heavy atom. The monoisotopic (exact) mass is 181 g/mol. The van der Waals surface area contributed by atoms with Crippen LogP contribution in [0.4, 0.5) is 0 Å². The van der Waals surface area contributed by atoms with Crippen molar-refractivity contribution in [2.24, 2.45) is 0 Å². The highest BCUT2D eigenvalue weighted by Gasteiger charge is 2.03. The van der Waals surface area contributed by atoms with E-state index in [1.54, 1.807) is 24.3 Å². The maximum absolute atomic E-state index is 9.46. The van der Waals surface area contributed by atoms with Gasteiger partial charge in [-0.05, 0) is 24.1 Å². The van der Waals surface area contributed by atoms with Gasteiger partial charge in [-0.25, -0.2) is 0 Å². The molecule has 12 heavy (non-hydrogen) atoms. The first-order valence-electron chi connectivity index (χ1n) is 3.71. The summed E-state index contributed by atoms with van der Waals surface area (Å²) in [5.74, 6) is 0. The van der Waals surface area contributed by atoms with E-state index in [1.807, 2.05) is 0 Å². The van der Waals surface area contributed by atoms with Crippen LogP contribution in [0.2, 0.25) is 5.02 Å². The molecule has 0 bridgehead atoms. The summed E-state index contributed by atoms with van der Waals surface area (Å²) in [5.41, 5.74) is 0.834. The third-order valence-electron chi connectivity index (χ3n) is 1.61. The summed E-state index contributed by atoms with van der Waals surface area (Å²) >= 11 is 5.68. The summed E-state index contributed by atoms with van der Waals surface area (Å²) in [6.07, 6.45) is 1.38. The van der Waals surface area contributed by atoms with Crippen LogP contribution < -0.4 is 0 Å². The lowest BCUT2D eigenvalue weighted by Gasteiger charge is -2.07. The lowest BCUT2D eigenvalue weighted by Crippen LogP contribution is -1.94. The van der Waals surface area contributed by atoms with E-state index in [9.17, 15) is 5.11 Å². The molecule has 1 nitrogen and oxygen atoms in total. The van der Waals surface area contributed by atoms with Gasteiger partial charge in [-0.1, -0.05) is 36.4 Å². The van der Waals surface area contributed by atoms with Gasteiger partial charge in [0.1, 0.15) is 0 Å². The Labute approximate surface area is 77.3 Å². The lowest BCUT2D eigenvalue weighted by molar-refractivity contribution is 0.181. The third kappa shape index (κ3) is 2.36. The highest BCUT2D eigenvalue weighted by molar-refractivity contribution is 6.30. The van der Waals surface area contributed by atoms with Crippen LogP contribution in [0.1, 0.15) is 18.1 Å². The second-order valence-electron chi connectivity index (χ2n) is 2.54. The minimum atomic E-state index is -0.521. The molecule has 1 N–H and O–H groups in total. The fourth-order valence-electron chi connectivity index (χ4n) is 0.950. The molecule has 0 saturated carbocycles. The summed E-state index contributed by atoms with van der Waals surface area (Å²) in [5, 5.41) is 10.1. The van der Waals surface area contributed by atoms with Gasteiger partial charge in [0.2, 0.25) is 0 Å². The van der Waals surface area contributed by atoms with Gasteiger partial charge in [-0.3, -0.25) is 0 Å². The number of hydrogen-bond acceptors (Lipinski definition) is 1. The van der Waals surface area contributed by atoms with Crippen molar-refractivity contribution in [1.82, 2.24) is 0 Å². The van der Waals surface area contributed by atoms with E-state index in [4.69, 9.17) is 18.2 Å². The molecule has 0 heterocycles. The van der Waals surface area contributed by atoms with Crippen LogP contribution in [0, 0.1) is 6.58 Å². The van der Waals surface area contributed by atoms with Crippen LogP contribution in [0.5, 0.6) is 0 Å². The molecule has 1 atom stereocenters. The van der Waals surface area contributed by atoms with Gasteiger partial charge in [0.25, 0.3) is 0 Å². The Morgan fingerprint density at radius 3 is 2.50 bits per heavy atom. The quantitative estimate of drug-likeness (QED) is 0.761. The van der Waals surface area contributed by atoms with Gasteiger partial charge in [0.15, 0.2) is 0 Å². The molecule has 0 spiro atoms. The Balaban J connectivity index is 2.74. The average molecular weight is 182 g/mol. The summed E-state index contributed by atoms with van der Waals surface area (Å²) < 4.78 is 0. The lowest BCUT2D eigenvalue weighted by atomic mass is 10.1. The highest BCUT2D eigenvalue weighted by Crippen LogP contribution is 2.18. The van der Waals surface area contributed by atoms with Crippen molar-refractivity contribution < 1.29 is 5.11 Å². The van der Waals surface area contributed by atoms with Crippen LogP contribution in [0.25, 0.3) is 0 Å². The highest BCUT2D eigenvalue weighted by atomic mass is 35.5. The van der Waals surface area contributed by atoms with Gasteiger partial charge >= 0.3 is 0 Å². The van der Waals surface area contributed by atoms with Crippen molar-refractivity contribution in [3.63, 3.8) is 0 Å². The summed E-state index contributed by atoms with van der Waals surface area (Å²) in [6.45, 7) is 5.19. The molecule has 0 aliphatic rings. The van der Waals surface area contributed by atoms with E-state index < -0.39 is 6.10 Å². The fraction of sp³-hybridized carbons (Fsp3) is 0.200. The van der Waals surface area contributed by atoms with Crippen molar-refractivity contribution >= 4 is 11.6 Å². The van der Waals surface area contributed by atoms with Crippen LogP contribution in [0.15, 0.2) is 30.3 Å². The zero-order chi connectivity index (χ0) is 8.97. The van der Waals surface area contributed by atoms with Gasteiger partial charge in [-0.15, -0.1) is 0 Å². The molecule has 0 saturated heterocycles. The molecule has 0 unspecified atom stereocenters. The predicted octanol–water partition coefficient (Wildman–Crippen LogP) is 2.75. The number of halogens is 1. The Bertz CT molecular complexity index is 253. The molecule has 0 aliphatic carbocycles. The molecule has 0 aliphatic heterocycles. The van der Waals surface area contributed by atoms with Gasteiger partial charge in [-0.2, -0.15) is 0 Å². The molecule has 1 aromatic carbocycles. The standard InChI is InChI=1S/C10H10ClO/c1-2-3-10(12)8-4-6-9(11)7-5-8/h1-2,4-7,10,12H,3H2/t10-/m1/s1. The number of hydrogen-bond donors (Lipinski definition) is 1. The fourth-order valence-corrected chi connectivity index (χ4v) is 1.08. The molecule has 0 aromatic heterocycles. The zero-order valence-corrected chi connectivity index (χ0v) is 7.33. The van der Waals surface area contributed by atoms with E-state index in [2.05, 4.69) is 0 Å². The Morgan fingerprint density at radius 2 is 2.00 bits per heavy atom. The second kappa shape index (κ2) is 4.29.